The molecule has 1 aromatic carbocycles. The number of anilines is 2. The number of hydrogen-bond donors (Lipinski definition) is 3. The molecule has 0 atom stereocenters. The third kappa shape index (κ3) is 3.10. The van der Waals surface area contributed by atoms with Crippen molar-refractivity contribution in [3.05, 3.63) is 42.0 Å². The molecule has 0 fully saturated rings. The van der Waals surface area contributed by atoms with Crippen molar-refractivity contribution in [2.45, 2.75) is 6.54 Å². The lowest BCUT2D eigenvalue weighted by Crippen LogP contribution is -2.19. The number of nitrogens with two attached hydrogens (primary N) is 1. The number of rotatable bonds is 4. The fourth-order valence-electron chi connectivity index (χ4n) is 1.60. The molecule has 2 rings (SSSR count). The summed E-state index contributed by atoms with van der Waals surface area (Å²) in [4.78, 5) is 22.5. The van der Waals surface area contributed by atoms with E-state index in [0.29, 0.717) is 5.69 Å². The zero-order chi connectivity index (χ0) is 14.7. The molecule has 1 heterocycles. The smallest absolute Gasteiger partial charge is 0.358 e. The van der Waals surface area contributed by atoms with Gasteiger partial charge in [0.15, 0.2) is 5.69 Å². The topological polar surface area (TPSA) is 110 Å². The summed E-state index contributed by atoms with van der Waals surface area (Å²) in [5.41, 5.74) is 5.40. The molecule has 0 aliphatic rings. The summed E-state index contributed by atoms with van der Waals surface area (Å²) in [6.45, 7) is -0.228. The van der Waals surface area contributed by atoms with E-state index in [1.54, 1.807) is 0 Å². The van der Waals surface area contributed by atoms with E-state index in [1.807, 2.05) is 0 Å². The highest BCUT2D eigenvalue weighted by atomic mass is 19.1. The maximum atomic E-state index is 12.9. The molecular weight excluding hydrogens is 267 g/mol. The van der Waals surface area contributed by atoms with Crippen molar-refractivity contribution >= 4 is 23.3 Å². The van der Waals surface area contributed by atoms with E-state index in [0.717, 1.165) is 10.7 Å². The summed E-state index contributed by atoms with van der Waals surface area (Å²) in [6, 6.07) is 5.40. The Morgan fingerprint density at radius 2 is 2.20 bits per heavy atom. The van der Waals surface area contributed by atoms with Crippen molar-refractivity contribution in [3.8, 4) is 0 Å². The highest BCUT2D eigenvalue weighted by molar-refractivity contribution is 5.92. The first-order chi connectivity index (χ1) is 9.45. The van der Waals surface area contributed by atoms with Crippen LogP contribution < -0.4 is 11.1 Å². The molecule has 4 N–H and O–H groups in total. The Morgan fingerprint density at radius 3 is 2.80 bits per heavy atom. The van der Waals surface area contributed by atoms with Gasteiger partial charge >= 0.3 is 5.97 Å². The van der Waals surface area contributed by atoms with Gasteiger partial charge in [-0.1, -0.05) is 6.07 Å². The van der Waals surface area contributed by atoms with Gasteiger partial charge in [-0.15, -0.1) is 0 Å². The van der Waals surface area contributed by atoms with Crippen LogP contribution in [0, 0.1) is 5.82 Å². The van der Waals surface area contributed by atoms with Gasteiger partial charge in [-0.05, 0) is 18.2 Å². The first-order valence-corrected chi connectivity index (χ1v) is 5.57. The van der Waals surface area contributed by atoms with Crippen molar-refractivity contribution in [1.29, 1.82) is 0 Å². The molecule has 0 saturated carbocycles. The number of halogens is 1. The number of carboxylic acids is 1. The van der Waals surface area contributed by atoms with Gasteiger partial charge in [0.05, 0.1) is 5.69 Å². The molecule has 1 amide bonds. The van der Waals surface area contributed by atoms with Crippen LogP contribution in [0.4, 0.5) is 15.8 Å². The SMILES string of the molecule is Nc1cn(CC(=O)Nc2cccc(F)c2)nc1C(=O)O. The lowest BCUT2D eigenvalue weighted by molar-refractivity contribution is -0.116. The zero-order valence-electron chi connectivity index (χ0n) is 10.2. The van der Waals surface area contributed by atoms with Crippen LogP contribution in [-0.4, -0.2) is 26.8 Å². The van der Waals surface area contributed by atoms with Crippen LogP contribution in [0.2, 0.25) is 0 Å². The molecule has 0 bridgehead atoms. The first-order valence-electron chi connectivity index (χ1n) is 5.57. The summed E-state index contributed by atoms with van der Waals surface area (Å²) in [5, 5.41) is 14.9. The molecule has 104 valence electrons. The molecule has 20 heavy (non-hydrogen) atoms. The van der Waals surface area contributed by atoms with Gasteiger partial charge in [0.1, 0.15) is 12.4 Å². The maximum Gasteiger partial charge on any atom is 0.358 e. The average Bonchev–Trinajstić information content (AvgIpc) is 2.70. The Bertz CT molecular complexity index is 668. The highest BCUT2D eigenvalue weighted by Gasteiger charge is 2.14. The minimum atomic E-state index is -1.27. The van der Waals surface area contributed by atoms with E-state index in [9.17, 15) is 14.0 Å². The fourth-order valence-corrected chi connectivity index (χ4v) is 1.60. The van der Waals surface area contributed by atoms with Gasteiger partial charge in [-0.25, -0.2) is 9.18 Å². The van der Waals surface area contributed by atoms with Crippen LogP contribution in [0.1, 0.15) is 10.5 Å². The van der Waals surface area contributed by atoms with Crippen LogP contribution in [0.15, 0.2) is 30.5 Å². The zero-order valence-corrected chi connectivity index (χ0v) is 10.2. The number of carbonyl (C=O) groups excluding carboxylic acids is 1. The molecule has 0 aliphatic carbocycles. The minimum Gasteiger partial charge on any atom is -0.476 e. The van der Waals surface area contributed by atoms with Crippen LogP contribution in [0.25, 0.3) is 0 Å². The second-order valence-corrected chi connectivity index (χ2v) is 3.99. The van der Waals surface area contributed by atoms with Gasteiger partial charge in [-0.2, -0.15) is 5.10 Å². The van der Waals surface area contributed by atoms with E-state index >= 15 is 0 Å². The van der Waals surface area contributed by atoms with Crippen LogP contribution in [0.5, 0.6) is 0 Å². The number of nitrogens with one attached hydrogen (secondary N) is 1. The maximum absolute atomic E-state index is 12.9. The molecule has 0 unspecified atom stereocenters. The van der Waals surface area contributed by atoms with Crippen molar-refractivity contribution in [2.75, 3.05) is 11.1 Å². The summed E-state index contributed by atoms with van der Waals surface area (Å²) in [6.07, 6.45) is 1.24. The van der Waals surface area contributed by atoms with Gasteiger partial charge in [0.2, 0.25) is 5.91 Å². The molecule has 8 heteroatoms. The number of aromatic nitrogens is 2. The van der Waals surface area contributed by atoms with E-state index in [-0.39, 0.29) is 17.9 Å². The summed E-state index contributed by atoms with van der Waals surface area (Å²) in [5.74, 6) is -2.22. The fraction of sp³-hybridized carbons (Fsp3) is 0.0833. The van der Waals surface area contributed by atoms with E-state index < -0.39 is 17.7 Å². The molecule has 0 radical (unpaired) electrons. The Hall–Kier alpha value is -2.90. The molecule has 0 aliphatic heterocycles. The van der Waals surface area contributed by atoms with Gasteiger partial charge in [0.25, 0.3) is 0 Å². The first kappa shape index (κ1) is 13.5. The Kier molecular flexibility index (Phi) is 3.65. The summed E-state index contributed by atoms with van der Waals surface area (Å²) < 4.78 is 14.0. The molecule has 0 saturated heterocycles. The monoisotopic (exact) mass is 278 g/mol. The van der Waals surface area contributed by atoms with E-state index in [2.05, 4.69) is 10.4 Å². The molecule has 0 spiro atoms. The predicted octanol–water partition coefficient (Wildman–Crippen LogP) is 0.941. The Morgan fingerprint density at radius 1 is 1.45 bits per heavy atom. The lowest BCUT2D eigenvalue weighted by Gasteiger charge is -2.05. The number of carbonyl (C=O) groups is 2. The number of amides is 1. The van der Waals surface area contributed by atoms with E-state index in [1.165, 1.54) is 24.4 Å². The highest BCUT2D eigenvalue weighted by Crippen LogP contribution is 2.11. The van der Waals surface area contributed by atoms with Crippen molar-refractivity contribution in [1.82, 2.24) is 9.78 Å². The number of nitrogen functional groups attached to an aromatic ring is 1. The molecular formula is C12H11FN4O3. The Balaban J connectivity index is 2.05. The van der Waals surface area contributed by atoms with Gasteiger partial charge in [-0.3, -0.25) is 9.48 Å². The van der Waals surface area contributed by atoms with Crippen molar-refractivity contribution in [3.63, 3.8) is 0 Å². The number of carboxylic acid groups (broad SMARTS) is 1. The number of benzene rings is 1. The normalized spacial score (nSPS) is 10.2. The number of nitrogens with zero attached hydrogens (tertiary/aromatic N) is 2. The van der Waals surface area contributed by atoms with Gasteiger partial charge in [0, 0.05) is 11.9 Å². The molecule has 7 nitrogen and oxygen atoms in total. The minimum absolute atomic E-state index is 0.0314. The van der Waals surface area contributed by atoms with Crippen molar-refractivity contribution in [2.24, 2.45) is 0 Å². The number of hydrogen-bond acceptors (Lipinski definition) is 4. The van der Waals surface area contributed by atoms with Crippen LogP contribution >= 0.6 is 0 Å². The van der Waals surface area contributed by atoms with E-state index in [4.69, 9.17) is 10.8 Å². The predicted molar refractivity (Wildman–Crippen MR) is 68.6 cm³/mol. The second kappa shape index (κ2) is 5.39. The summed E-state index contributed by atoms with van der Waals surface area (Å²) in [7, 11) is 0. The Labute approximate surface area is 112 Å². The average molecular weight is 278 g/mol. The lowest BCUT2D eigenvalue weighted by atomic mass is 10.3. The standard InChI is InChI=1S/C12H11FN4O3/c13-7-2-1-3-8(4-7)15-10(18)6-17-5-9(14)11(16-17)12(19)20/h1-5H,6,14H2,(H,15,18)(H,19,20). The largest absolute Gasteiger partial charge is 0.476 e. The molecule has 1 aromatic heterocycles. The summed E-state index contributed by atoms with van der Waals surface area (Å²) >= 11 is 0. The van der Waals surface area contributed by atoms with Crippen LogP contribution in [0.3, 0.4) is 0 Å². The quantitative estimate of drug-likeness (QED) is 0.771. The van der Waals surface area contributed by atoms with Crippen molar-refractivity contribution < 1.29 is 19.1 Å². The molecule has 2 aromatic rings. The third-order valence-electron chi connectivity index (χ3n) is 2.41. The third-order valence-corrected chi connectivity index (χ3v) is 2.41. The second-order valence-electron chi connectivity index (χ2n) is 3.99. The number of aromatic carboxylic acids is 1. The van der Waals surface area contributed by atoms with Gasteiger partial charge < -0.3 is 16.2 Å². The van der Waals surface area contributed by atoms with Crippen LogP contribution in [-0.2, 0) is 11.3 Å².